The minimum absolute atomic E-state index is 0.190. The highest BCUT2D eigenvalue weighted by Gasteiger charge is 2.31. The SMILES string of the molecule is COc1nc2nonc2cc1Nc1cccc(OC(F)(F)F)c1. The maximum atomic E-state index is 12.3. The Hall–Kier alpha value is -3.04. The lowest BCUT2D eigenvalue weighted by atomic mass is 10.2. The van der Waals surface area contributed by atoms with Crippen molar-refractivity contribution >= 4 is 22.5 Å². The van der Waals surface area contributed by atoms with Crippen molar-refractivity contribution in [3.8, 4) is 11.6 Å². The van der Waals surface area contributed by atoms with E-state index in [0.717, 1.165) is 0 Å². The Morgan fingerprint density at radius 3 is 2.74 bits per heavy atom. The summed E-state index contributed by atoms with van der Waals surface area (Å²) in [6, 6.07) is 6.92. The Balaban J connectivity index is 1.91. The van der Waals surface area contributed by atoms with Crippen LogP contribution in [0.1, 0.15) is 0 Å². The number of methoxy groups -OCH3 is 1. The summed E-state index contributed by atoms with van der Waals surface area (Å²) in [7, 11) is 1.40. The molecule has 0 bridgehead atoms. The van der Waals surface area contributed by atoms with Crippen LogP contribution in [0.3, 0.4) is 0 Å². The molecule has 0 saturated heterocycles. The number of fused-ring (bicyclic) bond motifs is 1. The molecule has 3 rings (SSSR count). The third-order valence-electron chi connectivity index (χ3n) is 2.75. The molecule has 0 unspecified atom stereocenters. The van der Waals surface area contributed by atoms with Crippen molar-refractivity contribution in [2.45, 2.75) is 6.36 Å². The lowest BCUT2D eigenvalue weighted by Crippen LogP contribution is -2.17. The Morgan fingerprint density at radius 2 is 2.00 bits per heavy atom. The summed E-state index contributed by atoms with van der Waals surface area (Å²) in [5.41, 5.74) is 1.36. The molecule has 120 valence electrons. The lowest BCUT2D eigenvalue weighted by molar-refractivity contribution is -0.274. The highest BCUT2D eigenvalue weighted by Crippen LogP contribution is 2.31. The monoisotopic (exact) mass is 326 g/mol. The van der Waals surface area contributed by atoms with Gasteiger partial charge in [-0.15, -0.1) is 13.2 Å². The largest absolute Gasteiger partial charge is 0.573 e. The van der Waals surface area contributed by atoms with Crippen LogP contribution in [0.15, 0.2) is 35.0 Å². The average Bonchev–Trinajstić information content (AvgIpc) is 2.92. The highest BCUT2D eigenvalue weighted by molar-refractivity contribution is 5.78. The van der Waals surface area contributed by atoms with E-state index in [0.29, 0.717) is 16.9 Å². The van der Waals surface area contributed by atoms with Crippen LogP contribution >= 0.6 is 0 Å². The summed E-state index contributed by atoms with van der Waals surface area (Å²) < 4.78 is 50.3. The average molecular weight is 326 g/mol. The van der Waals surface area contributed by atoms with Crippen molar-refractivity contribution in [3.05, 3.63) is 30.3 Å². The molecule has 1 N–H and O–H groups in total. The first kappa shape index (κ1) is 14.9. The number of hydrogen-bond acceptors (Lipinski definition) is 7. The van der Waals surface area contributed by atoms with E-state index in [9.17, 15) is 13.2 Å². The molecule has 0 atom stereocenters. The van der Waals surface area contributed by atoms with Crippen LogP contribution in [0.25, 0.3) is 11.2 Å². The molecule has 0 aliphatic heterocycles. The third-order valence-corrected chi connectivity index (χ3v) is 2.75. The van der Waals surface area contributed by atoms with Crippen molar-refractivity contribution < 1.29 is 27.3 Å². The Kier molecular flexibility index (Phi) is 3.64. The number of nitrogens with one attached hydrogen (secondary N) is 1. The molecule has 10 heteroatoms. The van der Waals surface area contributed by atoms with Crippen LogP contribution in [-0.2, 0) is 0 Å². The van der Waals surface area contributed by atoms with Crippen LogP contribution in [0.5, 0.6) is 11.6 Å². The van der Waals surface area contributed by atoms with Gasteiger partial charge in [-0.3, -0.25) is 0 Å². The number of ether oxygens (including phenoxy) is 2. The van der Waals surface area contributed by atoms with E-state index in [1.807, 2.05) is 0 Å². The first-order chi connectivity index (χ1) is 10.9. The van der Waals surface area contributed by atoms with E-state index >= 15 is 0 Å². The van der Waals surface area contributed by atoms with Crippen molar-refractivity contribution in [1.82, 2.24) is 15.3 Å². The fraction of sp³-hybridized carbons (Fsp3) is 0.154. The minimum Gasteiger partial charge on any atom is -0.479 e. The van der Waals surface area contributed by atoms with Crippen LogP contribution in [0, 0.1) is 0 Å². The van der Waals surface area contributed by atoms with Gasteiger partial charge in [-0.05, 0) is 22.4 Å². The van der Waals surface area contributed by atoms with E-state index in [1.54, 1.807) is 12.1 Å². The predicted molar refractivity (Wildman–Crippen MR) is 72.6 cm³/mol. The predicted octanol–water partition coefficient (Wildman–Crippen LogP) is 3.27. The number of hydrogen-bond donors (Lipinski definition) is 1. The molecule has 3 aromatic rings. The summed E-state index contributed by atoms with van der Waals surface area (Å²) in [5.74, 6) is -0.158. The van der Waals surface area contributed by atoms with Gasteiger partial charge in [0.1, 0.15) is 11.4 Å². The third kappa shape index (κ3) is 3.42. The summed E-state index contributed by atoms with van der Waals surface area (Å²) in [6.07, 6.45) is -4.76. The molecule has 1 aromatic carbocycles. The smallest absolute Gasteiger partial charge is 0.479 e. The summed E-state index contributed by atoms with van der Waals surface area (Å²) >= 11 is 0. The molecule has 0 aliphatic carbocycles. The molecule has 0 radical (unpaired) electrons. The molecule has 0 fully saturated rings. The van der Waals surface area contributed by atoms with Crippen LogP contribution in [-0.4, -0.2) is 28.8 Å². The Morgan fingerprint density at radius 1 is 1.17 bits per heavy atom. The molecule has 2 heterocycles. The maximum absolute atomic E-state index is 12.3. The quantitative estimate of drug-likeness (QED) is 0.788. The van der Waals surface area contributed by atoms with E-state index in [-0.39, 0.29) is 17.3 Å². The number of halogens is 3. The zero-order chi connectivity index (χ0) is 16.4. The summed E-state index contributed by atoms with van der Waals surface area (Å²) in [6.45, 7) is 0. The van der Waals surface area contributed by atoms with Gasteiger partial charge in [0.05, 0.1) is 7.11 Å². The fourth-order valence-corrected chi connectivity index (χ4v) is 1.89. The van der Waals surface area contributed by atoms with Crippen molar-refractivity contribution in [2.24, 2.45) is 0 Å². The first-order valence-electron chi connectivity index (χ1n) is 6.25. The first-order valence-corrected chi connectivity index (χ1v) is 6.25. The molecule has 0 saturated carbocycles. The maximum Gasteiger partial charge on any atom is 0.573 e. The second kappa shape index (κ2) is 5.63. The summed E-state index contributed by atoms with van der Waals surface area (Å²) in [4.78, 5) is 4.07. The summed E-state index contributed by atoms with van der Waals surface area (Å²) in [5, 5.41) is 10.1. The number of aromatic nitrogens is 3. The van der Waals surface area contributed by atoms with Crippen LogP contribution < -0.4 is 14.8 Å². The second-order valence-corrected chi connectivity index (χ2v) is 4.35. The van der Waals surface area contributed by atoms with E-state index in [4.69, 9.17) is 4.74 Å². The molecule has 0 aliphatic rings. The van der Waals surface area contributed by atoms with Gasteiger partial charge in [-0.2, -0.15) is 4.98 Å². The standard InChI is InChI=1S/C13H9F3N4O3/c1-21-12-10(6-9-11(18-12)20-23-19-9)17-7-3-2-4-8(5-7)22-13(14,15)16/h2-6,17H,1H3. The van der Waals surface area contributed by atoms with Gasteiger partial charge in [0, 0.05) is 17.8 Å². The van der Waals surface area contributed by atoms with Gasteiger partial charge >= 0.3 is 6.36 Å². The molecule has 0 spiro atoms. The fourth-order valence-electron chi connectivity index (χ4n) is 1.89. The number of benzene rings is 1. The van der Waals surface area contributed by atoms with E-state index in [1.165, 1.54) is 25.3 Å². The minimum atomic E-state index is -4.76. The van der Waals surface area contributed by atoms with Gasteiger partial charge in [-0.25, -0.2) is 4.63 Å². The van der Waals surface area contributed by atoms with Gasteiger partial charge in [-0.1, -0.05) is 6.07 Å². The number of nitrogens with zero attached hydrogens (tertiary/aromatic N) is 3. The lowest BCUT2D eigenvalue weighted by Gasteiger charge is -2.12. The van der Waals surface area contributed by atoms with Gasteiger partial charge < -0.3 is 14.8 Å². The number of rotatable bonds is 4. The second-order valence-electron chi connectivity index (χ2n) is 4.35. The van der Waals surface area contributed by atoms with Crippen LogP contribution in [0.4, 0.5) is 24.5 Å². The molecule has 0 amide bonds. The molecular weight excluding hydrogens is 317 g/mol. The normalized spacial score (nSPS) is 11.5. The molecule has 23 heavy (non-hydrogen) atoms. The van der Waals surface area contributed by atoms with E-state index < -0.39 is 6.36 Å². The Labute approximate surface area is 127 Å². The number of anilines is 2. The van der Waals surface area contributed by atoms with E-state index in [2.05, 4.69) is 30.0 Å². The van der Waals surface area contributed by atoms with Gasteiger partial charge in [0.15, 0.2) is 5.52 Å². The van der Waals surface area contributed by atoms with Crippen molar-refractivity contribution in [1.29, 1.82) is 0 Å². The molecule has 2 aromatic heterocycles. The highest BCUT2D eigenvalue weighted by atomic mass is 19.4. The van der Waals surface area contributed by atoms with Crippen LogP contribution in [0.2, 0.25) is 0 Å². The van der Waals surface area contributed by atoms with Crippen molar-refractivity contribution in [3.63, 3.8) is 0 Å². The Bertz CT molecular complexity index is 835. The zero-order valence-corrected chi connectivity index (χ0v) is 11.6. The number of alkyl halides is 3. The van der Waals surface area contributed by atoms with Gasteiger partial charge in [0.2, 0.25) is 11.5 Å². The van der Waals surface area contributed by atoms with Crippen molar-refractivity contribution in [2.75, 3.05) is 12.4 Å². The topological polar surface area (TPSA) is 82.3 Å². The zero-order valence-electron chi connectivity index (χ0n) is 11.6. The molecule has 7 nitrogen and oxygen atoms in total. The van der Waals surface area contributed by atoms with Gasteiger partial charge in [0.25, 0.3) is 0 Å². The number of pyridine rings is 1. The molecular formula is C13H9F3N4O3.